The van der Waals surface area contributed by atoms with Crippen molar-refractivity contribution in [3.63, 3.8) is 0 Å². The fourth-order valence-corrected chi connectivity index (χ4v) is 2.70. The minimum atomic E-state index is -0.435. The second-order valence-corrected chi connectivity index (χ2v) is 5.99. The molecule has 0 unspecified atom stereocenters. The third-order valence-corrected chi connectivity index (χ3v) is 3.99. The zero-order valence-electron chi connectivity index (χ0n) is 16.7. The first-order valence-electron chi connectivity index (χ1n) is 8.58. The molecule has 29 heavy (non-hydrogen) atoms. The molecule has 0 fully saturated rings. The van der Waals surface area contributed by atoms with Gasteiger partial charge in [0.1, 0.15) is 5.69 Å². The van der Waals surface area contributed by atoms with E-state index in [0.717, 1.165) is 5.69 Å². The molecule has 0 radical (unpaired) electrons. The molecule has 0 spiro atoms. The molecule has 3 aromatic rings. The smallest absolute Gasteiger partial charge is 0.322 e. The van der Waals surface area contributed by atoms with Gasteiger partial charge in [-0.05, 0) is 36.8 Å². The Hall–Kier alpha value is -3.82. The van der Waals surface area contributed by atoms with Crippen molar-refractivity contribution in [2.45, 2.75) is 6.92 Å². The number of nitrogens with one attached hydrogen (secondary N) is 1. The molecule has 2 aromatic heterocycles. The lowest BCUT2D eigenvalue weighted by Crippen LogP contribution is -2.07. The lowest BCUT2D eigenvalue weighted by Gasteiger charge is -2.12. The summed E-state index contributed by atoms with van der Waals surface area (Å²) in [7, 11) is 6.34. The zero-order valence-corrected chi connectivity index (χ0v) is 16.7. The molecule has 0 aliphatic heterocycles. The van der Waals surface area contributed by atoms with Gasteiger partial charge in [-0.3, -0.25) is 14.8 Å². The molecule has 0 bridgehead atoms. The molecule has 0 aliphatic carbocycles. The van der Waals surface area contributed by atoms with E-state index in [9.17, 15) is 4.79 Å². The van der Waals surface area contributed by atoms with Crippen molar-refractivity contribution in [1.29, 1.82) is 0 Å². The molecule has 152 valence electrons. The molecule has 3 rings (SSSR count). The highest BCUT2D eigenvalue weighted by Crippen LogP contribution is 2.38. The summed E-state index contributed by atoms with van der Waals surface area (Å²) < 4.78 is 23.0. The van der Waals surface area contributed by atoms with E-state index in [-0.39, 0.29) is 11.9 Å². The second kappa shape index (κ2) is 8.46. The number of nitrogens with zero attached hydrogens (tertiary/aromatic N) is 4. The van der Waals surface area contributed by atoms with E-state index in [1.54, 1.807) is 29.9 Å². The van der Waals surface area contributed by atoms with Crippen LogP contribution in [0.3, 0.4) is 0 Å². The molecular formula is C19H21N5O5. The van der Waals surface area contributed by atoms with E-state index in [0.29, 0.717) is 28.5 Å². The van der Waals surface area contributed by atoms with E-state index >= 15 is 0 Å². The van der Waals surface area contributed by atoms with Crippen LogP contribution in [0.5, 0.6) is 17.2 Å². The van der Waals surface area contributed by atoms with Crippen molar-refractivity contribution in [3.05, 3.63) is 35.5 Å². The van der Waals surface area contributed by atoms with Crippen LogP contribution < -0.4 is 19.5 Å². The summed E-state index contributed by atoms with van der Waals surface area (Å²) in [5, 5.41) is 14.5. The minimum Gasteiger partial charge on any atom is -0.493 e. The number of anilines is 1. The second-order valence-electron chi connectivity index (χ2n) is 5.99. The summed E-state index contributed by atoms with van der Waals surface area (Å²) in [6.07, 6.45) is 2.93. The van der Waals surface area contributed by atoms with Crippen LogP contribution >= 0.6 is 0 Å². The number of aryl methyl sites for hydroxylation is 2. The van der Waals surface area contributed by atoms with Gasteiger partial charge in [0.25, 0.3) is 11.8 Å². The van der Waals surface area contributed by atoms with Gasteiger partial charge in [0.15, 0.2) is 11.5 Å². The fourth-order valence-electron chi connectivity index (χ4n) is 2.70. The summed E-state index contributed by atoms with van der Waals surface area (Å²) in [4.78, 5) is 12.2. The quantitative estimate of drug-likeness (QED) is 0.603. The summed E-state index contributed by atoms with van der Waals surface area (Å²) >= 11 is 0. The van der Waals surface area contributed by atoms with Crippen molar-refractivity contribution in [1.82, 2.24) is 20.0 Å². The normalized spacial score (nSPS) is 10.9. The monoisotopic (exact) mass is 399 g/mol. The lowest BCUT2D eigenvalue weighted by molar-refractivity contribution is -0.112. The van der Waals surface area contributed by atoms with Crippen molar-refractivity contribution in [3.8, 4) is 28.8 Å². The van der Waals surface area contributed by atoms with E-state index < -0.39 is 5.91 Å². The van der Waals surface area contributed by atoms with E-state index in [4.69, 9.17) is 18.6 Å². The number of rotatable bonds is 7. The van der Waals surface area contributed by atoms with Crippen molar-refractivity contribution >= 4 is 18.0 Å². The highest BCUT2D eigenvalue weighted by atomic mass is 16.5. The summed E-state index contributed by atoms with van der Waals surface area (Å²) in [5.41, 5.74) is 2.16. The first-order valence-corrected chi connectivity index (χ1v) is 8.58. The Balaban J connectivity index is 1.73. The maximum absolute atomic E-state index is 12.2. The number of carbonyl (C=O) groups is 1. The molecule has 0 saturated heterocycles. The van der Waals surface area contributed by atoms with Gasteiger partial charge in [0.2, 0.25) is 5.75 Å². The number of amides is 1. The average Bonchev–Trinajstić information content (AvgIpc) is 3.30. The Morgan fingerprint density at radius 2 is 1.79 bits per heavy atom. The molecule has 2 heterocycles. The van der Waals surface area contributed by atoms with Gasteiger partial charge in [-0.1, -0.05) is 5.10 Å². The Morgan fingerprint density at radius 3 is 2.34 bits per heavy atom. The van der Waals surface area contributed by atoms with Crippen LogP contribution in [0.1, 0.15) is 11.3 Å². The maximum atomic E-state index is 12.2. The topological polar surface area (TPSA) is 114 Å². The molecular weight excluding hydrogens is 378 g/mol. The van der Waals surface area contributed by atoms with Crippen LogP contribution in [-0.2, 0) is 11.8 Å². The van der Waals surface area contributed by atoms with Crippen LogP contribution in [0.4, 0.5) is 6.01 Å². The van der Waals surface area contributed by atoms with E-state index in [2.05, 4.69) is 20.6 Å². The summed E-state index contributed by atoms with van der Waals surface area (Å²) in [6.45, 7) is 1.86. The molecule has 0 aliphatic rings. The predicted molar refractivity (Wildman–Crippen MR) is 105 cm³/mol. The Bertz CT molecular complexity index is 1030. The summed E-state index contributed by atoms with van der Waals surface area (Å²) in [6, 6.07) is 5.24. The van der Waals surface area contributed by atoms with Gasteiger partial charge in [-0.15, -0.1) is 5.10 Å². The van der Waals surface area contributed by atoms with E-state index in [1.807, 2.05) is 13.0 Å². The van der Waals surface area contributed by atoms with Crippen molar-refractivity contribution in [2.75, 3.05) is 26.6 Å². The zero-order chi connectivity index (χ0) is 21.0. The van der Waals surface area contributed by atoms with Gasteiger partial charge in [-0.25, -0.2) is 0 Å². The number of ether oxygens (including phenoxy) is 3. The van der Waals surface area contributed by atoms with E-state index in [1.165, 1.54) is 27.4 Å². The van der Waals surface area contributed by atoms with Gasteiger partial charge in [0, 0.05) is 13.1 Å². The first-order chi connectivity index (χ1) is 13.9. The maximum Gasteiger partial charge on any atom is 0.322 e. The Labute approximate surface area is 167 Å². The van der Waals surface area contributed by atoms with Crippen molar-refractivity contribution in [2.24, 2.45) is 7.05 Å². The molecule has 10 heteroatoms. The molecule has 1 N–H and O–H groups in total. The first kappa shape index (κ1) is 19.9. The highest BCUT2D eigenvalue weighted by molar-refractivity contribution is 6.00. The molecule has 1 aromatic carbocycles. The Morgan fingerprint density at radius 1 is 1.10 bits per heavy atom. The van der Waals surface area contributed by atoms with Crippen LogP contribution in [0.25, 0.3) is 17.7 Å². The number of hydrogen-bond donors (Lipinski definition) is 1. The number of hydrogen-bond acceptors (Lipinski definition) is 8. The van der Waals surface area contributed by atoms with Crippen LogP contribution in [0.2, 0.25) is 0 Å². The number of methoxy groups -OCH3 is 3. The van der Waals surface area contributed by atoms with Crippen LogP contribution in [0.15, 0.2) is 28.7 Å². The largest absolute Gasteiger partial charge is 0.493 e. The third kappa shape index (κ3) is 4.37. The lowest BCUT2D eigenvalue weighted by atomic mass is 10.1. The SMILES string of the molecule is COc1cc(/C=C/C(=O)Nc2nnc(-c3cc(C)nn3C)o2)cc(OC)c1OC. The van der Waals surface area contributed by atoms with Gasteiger partial charge >= 0.3 is 6.01 Å². The van der Waals surface area contributed by atoms with Crippen molar-refractivity contribution < 1.29 is 23.4 Å². The standard InChI is InChI=1S/C19H21N5O5/c1-11-8-13(24(2)23-11)18-21-22-19(29-18)20-16(25)7-6-12-9-14(26-3)17(28-5)15(10-12)27-4/h6-10H,1-5H3,(H,20,22,25)/b7-6+. The fraction of sp³-hybridized carbons (Fsp3) is 0.263. The van der Waals surface area contributed by atoms with Crippen LogP contribution in [0, 0.1) is 6.92 Å². The molecule has 0 atom stereocenters. The molecule has 1 amide bonds. The van der Waals surface area contributed by atoms with Crippen LogP contribution in [-0.4, -0.2) is 47.2 Å². The Kier molecular flexibility index (Phi) is 5.82. The summed E-state index contributed by atoms with van der Waals surface area (Å²) in [5.74, 6) is 1.27. The third-order valence-electron chi connectivity index (χ3n) is 3.99. The van der Waals surface area contributed by atoms with Gasteiger partial charge in [0.05, 0.1) is 27.0 Å². The van der Waals surface area contributed by atoms with Gasteiger partial charge in [-0.2, -0.15) is 5.10 Å². The average molecular weight is 399 g/mol. The highest BCUT2D eigenvalue weighted by Gasteiger charge is 2.15. The minimum absolute atomic E-state index is 0.0154. The number of benzene rings is 1. The number of carbonyl (C=O) groups excluding carboxylic acids is 1. The van der Waals surface area contributed by atoms with Gasteiger partial charge < -0.3 is 18.6 Å². The molecule has 0 saturated carbocycles. The number of aromatic nitrogens is 4. The molecule has 10 nitrogen and oxygen atoms in total. The predicted octanol–water partition coefficient (Wildman–Crippen LogP) is 2.46.